The summed E-state index contributed by atoms with van der Waals surface area (Å²) < 4.78 is 0. The van der Waals surface area contributed by atoms with E-state index in [1.54, 1.807) is 0 Å². The minimum atomic E-state index is -0.171. The highest BCUT2D eigenvalue weighted by Crippen LogP contribution is 2.45. The van der Waals surface area contributed by atoms with E-state index in [2.05, 4.69) is 38.9 Å². The van der Waals surface area contributed by atoms with E-state index in [0.29, 0.717) is 18.2 Å². The van der Waals surface area contributed by atoms with E-state index in [1.807, 2.05) is 24.3 Å². The minimum absolute atomic E-state index is 0.125. The molecule has 114 valence electrons. The van der Waals surface area contributed by atoms with E-state index in [0.717, 1.165) is 24.0 Å². The van der Waals surface area contributed by atoms with Crippen LogP contribution in [0.1, 0.15) is 44.2 Å². The van der Waals surface area contributed by atoms with Crippen LogP contribution in [-0.4, -0.2) is 11.7 Å². The summed E-state index contributed by atoms with van der Waals surface area (Å²) in [7, 11) is 2.28. The molecule has 1 aromatic carbocycles. The van der Waals surface area contributed by atoms with Gasteiger partial charge in [-0.1, -0.05) is 38.1 Å². The predicted octanol–water partition coefficient (Wildman–Crippen LogP) is 1.84. The van der Waals surface area contributed by atoms with Crippen LogP contribution in [-0.2, 0) is 10.3 Å². The Labute approximate surface area is 128 Å². The minimum Gasteiger partial charge on any atom is -0.382 e. The van der Waals surface area contributed by atoms with Crippen molar-refractivity contribution in [3.63, 3.8) is 0 Å². The zero-order chi connectivity index (χ0) is 15.5. The average molecular weight is 306 g/mol. The van der Waals surface area contributed by atoms with Gasteiger partial charge in [-0.2, -0.15) is 5.10 Å². The molecule has 1 aliphatic rings. The topological polar surface area (TPSA) is 79.5 Å². The first kappa shape index (κ1) is 15.8. The van der Waals surface area contributed by atoms with Crippen molar-refractivity contribution in [3.05, 3.63) is 35.4 Å². The number of hydrogen-bond acceptors (Lipinski definition) is 3. The van der Waals surface area contributed by atoms with Crippen molar-refractivity contribution in [3.8, 4) is 0 Å². The highest BCUT2D eigenvalue weighted by Gasteiger charge is 2.45. The van der Waals surface area contributed by atoms with Gasteiger partial charge in [0.05, 0.1) is 5.54 Å². The second kappa shape index (κ2) is 6.44. The van der Waals surface area contributed by atoms with Crippen molar-refractivity contribution in [2.24, 2.45) is 16.8 Å². The Balaban J connectivity index is 2.08. The van der Waals surface area contributed by atoms with Crippen LogP contribution in [0.25, 0.3) is 0 Å². The summed E-state index contributed by atoms with van der Waals surface area (Å²) >= 11 is 0. The van der Waals surface area contributed by atoms with Crippen LogP contribution in [0, 0.1) is 5.92 Å². The summed E-state index contributed by atoms with van der Waals surface area (Å²) in [5, 5.41) is 9.68. The smallest absolute Gasteiger partial charge is 0.220 e. The van der Waals surface area contributed by atoms with Crippen molar-refractivity contribution in [2.45, 2.75) is 38.6 Å². The first-order valence-electron chi connectivity index (χ1n) is 7.17. The van der Waals surface area contributed by atoms with Gasteiger partial charge >= 0.3 is 0 Å². The third-order valence-electron chi connectivity index (χ3n) is 3.64. The molecule has 1 saturated carbocycles. The molecule has 6 heteroatoms. The lowest BCUT2D eigenvalue weighted by Gasteiger charge is -2.19. The zero-order valence-corrected chi connectivity index (χ0v) is 13.7. The molecule has 0 aliphatic heterocycles. The molecule has 0 radical (unpaired) electrons. The lowest BCUT2D eigenvalue weighted by molar-refractivity contribution is -0.122. The molecular weight excluding hydrogens is 283 g/mol. The van der Waals surface area contributed by atoms with E-state index in [1.165, 1.54) is 0 Å². The van der Waals surface area contributed by atoms with Crippen LogP contribution < -0.4 is 16.2 Å². The van der Waals surface area contributed by atoms with Gasteiger partial charge in [-0.3, -0.25) is 9.99 Å². The van der Waals surface area contributed by atoms with Crippen molar-refractivity contribution in [2.75, 3.05) is 0 Å². The van der Waals surface area contributed by atoms with Gasteiger partial charge in [-0.05, 0) is 33.7 Å². The molecule has 0 saturated heterocycles. The number of nitrogens with one attached hydrogen (secondary N) is 2. The van der Waals surface area contributed by atoms with E-state index < -0.39 is 0 Å². The fourth-order valence-corrected chi connectivity index (χ4v) is 2.53. The number of nitrogens with two attached hydrogens (primary N) is 1. The number of nitrogens with zero attached hydrogens (tertiary/aromatic N) is 1. The molecule has 1 atom stereocenters. The van der Waals surface area contributed by atoms with Crippen molar-refractivity contribution in [1.29, 1.82) is 0 Å². The Morgan fingerprint density at radius 1 is 1.38 bits per heavy atom. The van der Waals surface area contributed by atoms with E-state index in [9.17, 15) is 4.79 Å². The summed E-state index contributed by atoms with van der Waals surface area (Å²) in [6.45, 7) is 4.10. The van der Waals surface area contributed by atoms with Crippen LogP contribution in [0.3, 0.4) is 0 Å². The maximum Gasteiger partial charge on any atom is 0.220 e. The third kappa shape index (κ3) is 3.94. The molecule has 1 unspecified atom stereocenters. The largest absolute Gasteiger partial charge is 0.382 e. The molecule has 0 aromatic heterocycles. The van der Waals surface area contributed by atoms with E-state index >= 15 is 0 Å². The molecule has 0 spiro atoms. The van der Waals surface area contributed by atoms with Gasteiger partial charge in [-0.25, -0.2) is 0 Å². The number of carbonyl (C=O) groups excluding carboxylic acids is 1. The number of carbonyl (C=O) groups is 1. The fraction of sp³-hybridized carbons (Fsp3) is 0.467. The fourth-order valence-electron chi connectivity index (χ4n) is 2.39. The van der Waals surface area contributed by atoms with Gasteiger partial charge in [0, 0.05) is 12.0 Å². The monoisotopic (exact) mass is 306 g/mol. The Kier molecular flexibility index (Phi) is 4.84. The maximum absolute atomic E-state index is 12.0. The van der Waals surface area contributed by atoms with Crippen molar-refractivity contribution < 1.29 is 4.79 Å². The van der Waals surface area contributed by atoms with Crippen molar-refractivity contribution in [1.82, 2.24) is 10.5 Å². The van der Waals surface area contributed by atoms with Gasteiger partial charge in [0.2, 0.25) is 5.91 Å². The van der Waals surface area contributed by atoms with Crippen molar-refractivity contribution >= 4 is 21.1 Å². The molecular formula is C15H23N4OP. The lowest BCUT2D eigenvalue weighted by atomic mass is 10.0. The van der Waals surface area contributed by atoms with Crippen LogP contribution >= 0.6 is 9.39 Å². The third-order valence-corrected chi connectivity index (χ3v) is 3.77. The highest BCUT2D eigenvalue weighted by molar-refractivity contribution is 7.13. The molecule has 1 aliphatic carbocycles. The number of hydrazone groups is 1. The summed E-state index contributed by atoms with van der Waals surface area (Å²) in [4.78, 5) is 12.0. The number of amidine groups is 1. The number of benzene rings is 1. The zero-order valence-electron chi connectivity index (χ0n) is 12.5. The van der Waals surface area contributed by atoms with E-state index in [-0.39, 0.29) is 11.4 Å². The highest BCUT2D eigenvalue weighted by atomic mass is 31.0. The summed E-state index contributed by atoms with van der Waals surface area (Å²) in [6, 6.07) is 7.90. The predicted molar refractivity (Wildman–Crippen MR) is 88.5 cm³/mol. The first-order valence-corrected chi connectivity index (χ1v) is 7.75. The number of amides is 1. The Bertz CT molecular complexity index is 535. The van der Waals surface area contributed by atoms with Gasteiger partial charge in [0.1, 0.15) is 0 Å². The second-order valence-corrected chi connectivity index (χ2v) is 6.19. The van der Waals surface area contributed by atoms with E-state index in [4.69, 9.17) is 5.73 Å². The lowest BCUT2D eigenvalue weighted by Crippen LogP contribution is -2.35. The number of hydrogen-bond donors (Lipinski definition) is 3. The molecule has 21 heavy (non-hydrogen) atoms. The van der Waals surface area contributed by atoms with Gasteiger partial charge in [-0.15, -0.1) is 0 Å². The molecule has 0 heterocycles. The van der Waals surface area contributed by atoms with Gasteiger partial charge in [0.15, 0.2) is 5.84 Å². The molecule has 1 aromatic rings. The van der Waals surface area contributed by atoms with Gasteiger partial charge < -0.3 is 11.1 Å². The summed E-state index contributed by atoms with van der Waals surface area (Å²) in [5.41, 5.74) is 7.64. The Hall–Kier alpha value is -1.61. The standard InChI is InChI=1S/C15H23N4OP/c1-10(2)9-13(20)17-15(7-8-15)12-5-3-11(4-6-12)14(16)18-19-21/h3-6,10,19H,7-9,21H2,1-2H3,(H2,16,18)(H,17,20). The molecule has 5 nitrogen and oxygen atoms in total. The van der Waals surface area contributed by atoms with Crippen LogP contribution in [0.4, 0.5) is 0 Å². The summed E-state index contributed by atoms with van der Waals surface area (Å²) in [5.74, 6) is 0.934. The first-order chi connectivity index (χ1) is 9.97. The maximum atomic E-state index is 12.0. The molecule has 1 fully saturated rings. The molecule has 0 bridgehead atoms. The summed E-state index contributed by atoms with van der Waals surface area (Å²) in [6.07, 6.45) is 2.55. The Morgan fingerprint density at radius 2 is 2.00 bits per heavy atom. The van der Waals surface area contributed by atoms with Crippen LogP contribution in [0.15, 0.2) is 29.4 Å². The van der Waals surface area contributed by atoms with Crippen LogP contribution in [0.5, 0.6) is 0 Å². The Morgan fingerprint density at radius 3 is 2.48 bits per heavy atom. The number of rotatable bonds is 6. The second-order valence-electron chi connectivity index (χ2n) is 5.93. The average Bonchev–Trinajstić information content (AvgIpc) is 3.19. The molecule has 1 amide bonds. The van der Waals surface area contributed by atoms with Crippen LogP contribution in [0.2, 0.25) is 0 Å². The van der Waals surface area contributed by atoms with Gasteiger partial charge in [0.25, 0.3) is 0 Å². The quantitative estimate of drug-likeness (QED) is 0.325. The normalized spacial score (nSPS) is 16.7. The molecule has 2 rings (SSSR count). The SMILES string of the molecule is CC(C)CC(=O)NC1(c2ccc(/C(N)=N/NP)cc2)CC1. The molecule has 4 N–H and O–H groups in total.